The summed E-state index contributed by atoms with van der Waals surface area (Å²) in [5, 5.41) is 4.14. The van der Waals surface area contributed by atoms with E-state index in [9.17, 15) is 4.79 Å². The minimum atomic E-state index is -0.466. The first-order chi connectivity index (χ1) is 16.4. The SMILES string of the molecule is COc1cc2ncnc(Nc3cccc(C)c3OC)c2cc1N1CC2(CCN(C)CC2)OC1=O. The number of piperidine rings is 1. The van der Waals surface area contributed by atoms with Crippen LogP contribution in [0.2, 0.25) is 0 Å². The van der Waals surface area contributed by atoms with Gasteiger partial charge in [-0.3, -0.25) is 4.90 Å². The Kier molecular flexibility index (Phi) is 5.65. The fraction of sp³-hybridized carbons (Fsp3) is 0.400. The lowest BCUT2D eigenvalue weighted by atomic mass is 9.91. The first-order valence-electron chi connectivity index (χ1n) is 11.4. The van der Waals surface area contributed by atoms with Crippen molar-refractivity contribution in [2.45, 2.75) is 25.4 Å². The molecule has 1 N–H and O–H groups in total. The molecular weight excluding hydrogens is 434 g/mol. The molecule has 0 bridgehead atoms. The number of nitrogens with zero attached hydrogens (tertiary/aromatic N) is 4. The Morgan fingerprint density at radius 2 is 1.91 bits per heavy atom. The minimum Gasteiger partial charge on any atom is -0.494 e. The van der Waals surface area contributed by atoms with Crippen LogP contribution < -0.4 is 19.7 Å². The number of carbonyl (C=O) groups is 1. The van der Waals surface area contributed by atoms with Crippen molar-refractivity contribution in [2.24, 2.45) is 0 Å². The Bertz CT molecular complexity index is 1240. The number of amides is 1. The van der Waals surface area contributed by atoms with Crippen molar-refractivity contribution in [3.8, 4) is 11.5 Å². The number of hydrogen-bond donors (Lipinski definition) is 1. The highest BCUT2D eigenvalue weighted by atomic mass is 16.6. The summed E-state index contributed by atoms with van der Waals surface area (Å²) in [7, 11) is 5.33. The Labute approximate surface area is 198 Å². The summed E-state index contributed by atoms with van der Waals surface area (Å²) < 4.78 is 17.2. The van der Waals surface area contributed by atoms with Gasteiger partial charge in [-0.2, -0.15) is 0 Å². The van der Waals surface area contributed by atoms with Gasteiger partial charge in [0, 0.05) is 37.4 Å². The molecule has 2 aromatic carbocycles. The van der Waals surface area contributed by atoms with Crippen molar-refractivity contribution in [1.82, 2.24) is 14.9 Å². The van der Waals surface area contributed by atoms with Gasteiger partial charge in [0.25, 0.3) is 0 Å². The normalized spacial score (nSPS) is 17.8. The van der Waals surface area contributed by atoms with Crippen LogP contribution in [0.25, 0.3) is 10.9 Å². The summed E-state index contributed by atoms with van der Waals surface area (Å²) in [5.41, 5.74) is 2.69. The van der Waals surface area contributed by atoms with E-state index in [4.69, 9.17) is 14.2 Å². The number of fused-ring (bicyclic) bond motifs is 1. The smallest absolute Gasteiger partial charge is 0.415 e. The van der Waals surface area contributed by atoms with Crippen molar-refractivity contribution in [2.75, 3.05) is 51.1 Å². The summed E-state index contributed by atoms with van der Waals surface area (Å²) in [6, 6.07) is 9.61. The van der Waals surface area contributed by atoms with Crippen molar-refractivity contribution in [1.29, 1.82) is 0 Å². The third-order valence-corrected chi connectivity index (χ3v) is 6.76. The second-order valence-electron chi connectivity index (χ2n) is 8.98. The first kappa shape index (κ1) is 22.2. The number of anilines is 3. The van der Waals surface area contributed by atoms with Gasteiger partial charge in [0.1, 0.15) is 29.2 Å². The summed E-state index contributed by atoms with van der Waals surface area (Å²) >= 11 is 0. The third kappa shape index (κ3) is 3.86. The molecule has 0 aliphatic carbocycles. The monoisotopic (exact) mass is 463 g/mol. The van der Waals surface area contributed by atoms with Gasteiger partial charge >= 0.3 is 6.09 Å². The molecule has 1 amide bonds. The maximum atomic E-state index is 13.0. The number of benzene rings is 2. The molecule has 0 atom stereocenters. The quantitative estimate of drug-likeness (QED) is 0.605. The van der Waals surface area contributed by atoms with Gasteiger partial charge < -0.3 is 24.4 Å². The van der Waals surface area contributed by atoms with Gasteiger partial charge in [0.05, 0.1) is 37.7 Å². The minimum absolute atomic E-state index is 0.353. The lowest BCUT2D eigenvalue weighted by molar-refractivity contribution is 0.00678. The van der Waals surface area contributed by atoms with Crippen LogP contribution in [0, 0.1) is 6.92 Å². The van der Waals surface area contributed by atoms with E-state index in [2.05, 4.69) is 27.2 Å². The third-order valence-electron chi connectivity index (χ3n) is 6.76. The molecule has 178 valence electrons. The number of likely N-dealkylation sites (tertiary alicyclic amines) is 1. The van der Waals surface area contributed by atoms with E-state index in [-0.39, 0.29) is 6.09 Å². The molecule has 1 spiro atoms. The van der Waals surface area contributed by atoms with Gasteiger partial charge in [0.2, 0.25) is 0 Å². The molecule has 5 rings (SSSR count). The van der Waals surface area contributed by atoms with Crippen LogP contribution in [0.1, 0.15) is 18.4 Å². The van der Waals surface area contributed by atoms with Crippen molar-refractivity contribution in [3.63, 3.8) is 0 Å². The second kappa shape index (κ2) is 8.64. The molecule has 0 unspecified atom stereocenters. The van der Waals surface area contributed by atoms with Gasteiger partial charge in [0.15, 0.2) is 0 Å². The number of ether oxygens (including phenoxy) is 3. The predicted molar refractivity (Wildman–Crippen MR) is 130 cm³/mol. The van der Waals surface area contributed by atoms with Gasteiger partial charge in [-0.05, 0) is 31.7 Å². The Balaban J connectivity index is 1.55. The Hall–Kier alpha value is -3.59. The molecule has 0 radical (unpaired) electrons. The number of nitrogens with one attached hydrogen (secondary N) is 1. The Morgan fingerprint density at radius 1 is 1.12 bits per heavy atom. The van der Waals surface area contributed by atoms with Crippen LogP contribution in [-0.4, -0.2) is 67.5 Å². The van der Waals surface area contributed by atoms with Gasteiger partial charge in [-0.1, -0.05) is 12.1 Å². The van der Waals surface area contributed by atoms with E-state index in [1.807, 2.05) is 37.3 Å². The Morgan fingerprint density at radius 3 is 2.65 bits per heavy atom. The van der Waals surface area contributed by atoms with Crippen molar-refractivity contribution >= 4 is 34.2 Å². The molecule has 2 aliphatic rings. The lowest BCUT2D eigenvalue weighted by Crippen LogP contribution is -2.45. The molecule has 34 heavy (non-hydrogen) atoms. The van der Waals surface area contributed by atoms with Gasteiger partial charge in [-0.15, -0.1) is 0 Å². The zero-order chi connectivity index (χ0) is 23.9. The highest BCUT2D eigenvalue weighted by molar-refractivity contribution is 6.00. The van der Waals surface area contributed by atoms with Crippen LogP contribution in [0.15, 0.2) is 36.7 Å². The molecule has 3 heterocycles. The fourth-order valence-corrected chi connectivity index (χ4v) is 4.79. The van der Waals surface area contributed by atoms with Crippen LogP contribution in [0.4, 0.5) is 22.0 Å². The number of aromatic nitrogens is 2. The molecule has 3 aromatic rings. The van der Waals surface area contributed by atoms with Crippen LogP contribution in [0.3, 0.4) is 0 Å². The van der Waals surface area contributed by atoms with Crippen LogP contribution >= 0.6 is 0 Å². The number of aryl methyl sites for hydroxylation is 1. The van der Waals surface area contributed by atoms with Crippen LogP contribution in [0.5, 0.6) is 11.5 Å². The number of hydrogen-bond acceptors (Lipinski definition) is 8. The molecule has 1 aromatic heterocycles. The van der Waals surface area contributed by atoms with E-state index >= 15 is 0 Å². The average Bonchev–Trinajstić information content (AvgIpc) is 3.16. The largest absolute Gasteiger partial charge is 0.494 e. The highest BCUT2D eigenvalue weighted by Crippen LogP contribution is 2.42. The average molecular weight is 464 g/mol. The maximum absolute atomic E-state index is 13.0. The zero-order valence-corrected chi connectivity index (χ0v) is 19.9. The summed E-state index contributed by atoms with van der Waals surface area (Å²) in [6.45, 7) is 4.28. The molecule has 2 saturated heterocycles. The zero-order valence-electron chi connectivity index (χ0n) is 19.9. The van der Waals surface area contributed by atoms with Crippen molar-refractivity contribution in [3.05, 3.63) is 42.2 Å². The summed E-state index contributed by atoms with van der Waals surface area (Å²) in [6.07, 6.45) is 2.77. The van der Waals surface area contributed by atoms with E-state index in [0.717, 1.165) is 48.3 Å². The summed E-state index contributed by atoms with van der Waals surface area (Å²) in [4.78, 5) is 25.8. The lowest BCUT2D eigenvalue weighted by Gasteiger charge is -2.35. The topological polar surface area (TPSA) is 89.1 Å². The molecule has 2 aliphatic heterocycles. The van der Waals surface area contributed by atoms with E-state index in [1.165, 1.54) is 6.33 Å². The number of para-hydroxylation sites is 1. The van der Waals surface area contributed by atoms with Crippen molar-refractivity contribution < 1.29 is 19.0 Å². The molecule has 2 fully saturated rings. The standard InChI is InChI=1S/C25H29N5O4/c1-16-6-5-7-18(22(16)33-4)28-23-17-12-20(21(32-3)13-19(17)26-15-27-23)30-14-25(34-24(30)31)8-10-29(2)11-9-25/h5-7,12-13,15H,8-11,14H2,1-4H3,(H,26,27,28). The maximum Gasteiger partial charge on any atom is 0.415 e. The summed E-state index contributed by atoms with van der Waals surface area (Å²) in [5.74, 6) is 1.92. The number of carbonyl (C=O) groups excluding carboxylic acids is 1. The molecule has 9 nitrogen and oxygen atoms in total. The van der Waals surface area contributed by atoms with E-state index < -0.39 is 5.60 Å². The van der Waals surface area contributed by atoms with E-state index in [0.29, 0.717) is 29.3 Å². The molecule has 9 heteroatoms. The first-order valence-corrected chi connectivity index (χ1v) is 11.4. The molecule has 0 saturated carbocycles. The van der Waals surface area contributed by atoms with Gasteiger partial charge in [-0.25, -0.2) is 14.8 Å². The predicted octanol–water partition coefficient (Wildman–Crippen LogP) is 4.12. The number of rotatable bonds is 5. The number of methoxy groups -OCH3 is 2. The molecular formula is C25H29N5O4. The fourth-order valence-electron chi connectivity index (χ4n) is 4.79. The highest BCUT2D eigenvalue weighted by Gasteiger charge is 2.47. The van der Waals surface area contributed by atoms with Crippen LogP contribution in [-0.2, 0) is 4.74 Å². The second-order valence-corrected chi connectivity index (χ2v) is 8.98. The van der Waals surface area contributed by atoms with E-state index in [1.54, 1.807) is 19.1 Å².